The predicted molar refractivity (Wildman–Crippen MR) is 187 cm³/mol. The number of carbonyl (C=O) groups is 1. The fourth-order valence-corrected chi connectivity index (χ4v) is 7.27. The molecule has 2 aliphatic rings. The number of nitrogens with zero attached hydrogens (tertiary/aromatic N) is 4. The molecule has 7 nitrogen and oxygen atoms in total. The Kier molecular flexibility index (Phi) is 10.9. The molecule has 3 heterocycles. The summed E-state index contributed by atoms with van der Waals surface area (Å²) in [6, 6.07) is 9.32. The molecule has 0 saturated heterocycles. The Labute approximate surface area is 279 Å². The number of hydrogen-bond donors (Lipinski definition) is 2. The van der Waals surface area contributed by atoms with Crippen LogP contribution in [0, 0.1) is 5.82 Å². The van der Waals surface area contributed by atoms with Crippen molar-refractivity contribution in [1.82, 2.24) is 24.6 Å². The van der Waals surface area contributed by atoms with E-state index in [0.717, 1.165) is 76.2 Å². The first kappa shape index (κ1) is 33.2. The van der Waals surface area contributed by atoms with Gasteiger partial charge in [0.15, 0.2) is 17.4 Å². The molecule has 1 aliphatic carbocycles. The number of unbranched alkanes of at least 4 members (excludes halogenated alkanes) is 12. The molecule has 1 aliphatic heterocycles. The predicted octanol–water partition coefficient (Wildman–Crippen LogP) is 10.2. The minimum absolute atomic E-state index is 0.241. The lowest BCUT2D eigenvalue weighted by Gasteiger charge is -2.17. The van der Waals surface area contributed by atoms with Gasteiger partial charge < -0.3 is 14.6 Å². The highest BCUT2D eigenvalue weighted by atomic mass is 19.1. The maximum absolute atomic E-state index is 14.3. The Balaban J connectivity index is 1.02. The number of aromatic hydroxyl groups is 1. The number of fused-ring (bicyclic) bond motifs is 2. The second-order valence-corrected chi connectivity index (χ2v) is 13.8. The van der Waals surface area contributed by atoms with Crippen molar-refractivity contribution in [1.29, 1.82) is 0 Å². The normalized spacial score (nSPS) is 14.4. The summed E-state index contributed by atoms with van der Waals surface area (Å²) >= 11 is 0. The molecule has 0 bridgehead atoms. The van der Waals surface area contributed by atoms with E-state index < -0.39 is 5.82 Å². The molecule has 0 unspecified atom stereocenters. The van der Waals surface area contributed by atoms with Gasteiger partial charge in [0.25, 0.3) is 0 Å². The van der Waals surface area contributed by atoms with Crippen molar-refractivity contribution in [3.8, 4) is 28.4 Å². The lowest BCUT2D eigenvalue weighted by atomic mass is 9.96. The number of phenolic OH excluding ortho intramolecular Hbond substituents is 1. The van der Waals surface area contributed by atoms with Crippen molar-refractivity contribution in [2.75, 3.05) is 0 Å². The molecule has 252 valence electrons. The van der Waals surface area contributed by atoms with Gasteiger partial charge in [-0.1, -0.05) is 97.0 Å². The zero-order valence-corrected chi connectivity index (χ0v) is 28.4. The van der Waals surface area contributed by atoms with Crippen LogP contribution in [0.3, 0.4) is 0 Å². The summed E-state index contributed by atoms with van der Waals surface area (Å²) in [6.07, 6.45) is 20.5. The lowest BCUT2D eigenvalue weighted by Crippen LogP contribution is -2.26. The number of benzene rings is 2. The van der Waals surface area contributed by atoms with Crippen molar-refractivity contribution in [2.45, 2.75) is 142 Å². The first-order valence-corrected chi connectivity index (χ1v) is 18.4. The molecule has 2 aromatic carbocycles. The molecule has 1 amide bonds. The van der Waals surface area contributed by atoms with E-state index in [1.165, 1.54) is 82.8 Å². The molecule has 4 aromatic rings. The number of rotatable bonds is 18. The fourth-order valence-electron chi connectivity index (χ4n) is 7.27. The van der Waals surface area contributed by atoms with E-state index in [9.17, 15) is 14.3 Å². The smallest absolute Gasteiger partial charge is 0.223 e. The van der Waals surface area contributed by atoms with E-state index in [-0.39, 0.29) is 11.7 Å². The van der Waals surface area contributed by atoms with Gasteiger partial charge in [-0.2, -0.15) is 5.10 Å². The van der Waals surface area contributed by atoms with Gasteiger partial charge in [0, 0.05) is 17.8 Å². The molecular formula is C39H52FN5O2. The SMILES string of the molecule is CCCCCCCCCCCCCCCC(=O)N1Cc2nc(-c3n[nH]c4cc(-c5cc(F)c(O)cc5CC)ccc34)n(C3CC3)c2C1. The van der Waals surface area contributed by atoms with E-state index >= 15 is 0 Å². The van der Waals surface area contributed by atoms with Crippen LogP contribution in [0.4, 0.5) is 4.39 Å². The summed E-state index contributed by atoms with van der Waals surface area (Å²) in [4.78, 5) is 20.2. The van der Waals surface area contributed by atoms with E-state index in [4.69, 9.17) is 10.1 Å². The molecule has 6 rings (SSSR count). The minimum Gasteiger partial charge on any atom is -0.505 e. The standard InChI is InChI=1S/C39H52FN5O2/c1-3-5-6-7-8-9-10-11-12-13-14-15-16-17-37(47)44-25-34-35(26-44)45(29-19-20-29)39(41-34)38-30-21-18-28(22-33(30)42-43-38)31-24-32(40)36(46)23-27(31)4-2/h18,21-24,29,46H,3-17,19-20,25-26H2,1-2H3,(H,42,43). The van der Waals surface area contributed by atoms with Crippen molar-refractivity contribution in [3.05, 3.63) is 53.1 Å². The highest BCUT2D eigenvalue weighted by Crippen LogP contribution is 2.43. The maximum atomic E-state index is 14.3. The van der Waals surface area contributed by atoms with Gasteiger partial charge in [0.05, 0.1) is 30.0 Å². The van der Waals surface area contributed by atoms with Crippen LogP contribution in [0.25, 0.3) is 33.5 Å². The Morgan fingerprint density at radius 1 is 0.915 bits per heavy atom. The number of carbonyl (C=O) groups excluding carboxylic acids is 1. The lowest BCUT2D eigenvalue weighted by molar-refractivity contribution is -0.132. The maximum Gasteiger partial charge on any atom is 0.223 e. The monoisotopic (exact) mass is 641 g/mol. The molecule has 1 saturated carbocycles. The summed E-state index contributed by atoms with van der Waals surface area (Å²) in [5, 5.41) is 18.7. The van der Waals surface area contributed by atoms with Crippen LogP contribution in [0.1, 0.15) is 140 Å². The number of phenols is 1. The molecular weight excluding hydrogens is 589 g/mol. The van der Waals surface area contributed by atoms with Crippen LogP contribution >= 0.6 is 0 Å². The Bertz CT molecular complexity index is 1670. The quantitative estimate of drug-likeness (QED) is 0.106. The molecule has 0 radical (unpaired) electrons. The van der Waals surface area contributed by atoms with E-state index in [1.54, 1.807) is 0 Å². The number of halogens is 1. The van der Waals surface area contributed by atoms with Gasteiger partial charge in [-0.05, 0) is 66.6 Å². The van der Waals surface area contributed by atoms with Crippen LogP contribution in [-0.4, -0.2) is 35.7 Å². The van der Waals surface area contributed by atoms with Gasteiger partial charge in [0.2, 0.25) is 5.91 Å². The summed E-state index contributed by atoms with van der Waals surface area (Å²) in [5.41, 5.74) is 6.33. The minimum atomic E-state index is -0.625. The zero-order valence-electron chi connectivity index (χ0n) is 28.4. The van der Waals surface area contributed by atoms with Gasteiger partial charge in [-0.25, -0.2) is 9.37 Å². The molecule has 0 atom stereocenters. The van der Waals surface area contributed by atoms with Crippen molar-refractivity contribution < 1.29 is 14.3 Å². The van der Waals surface area contributed by atoms with Crippen LogP contribution in [0.2, 0.25) is 0 Å². The van der Waals surface area contributed by atoms with Crippen molar-refractivity contribution in [3.63, 3.8) is 0 Å². The average Bonchev–Trinajstić information content (AvgIpc) is 3.53. The highest BCUT2D eigenvalue weighted by molar-refractivity contribution is 5.94. The molecule has 1 fully saturated rings. The number of hydrogen-bond acceptors (Lipinski definition) is 4. The number of aromatic amines is 1. The summed E-state index contributed by atoms with van der Waals surface area (Å²) < 4.78 is 16.6. The second kappa shape index (κ2) is 15.5. The molecule has 0 spiro atoms. The number of imidazole rings is 1. The van der Waals surface area contributed by atoms with Crippen LogP contribution in [0.5, 0.6) is 5.75 Å². The molecule has 2 N–H and O–H groups in total. The third kappa shape index (κ3) is 7.73. The number of aromatic nitrogens is 4. The van der Waals surface area contributed by atoms with Gasteiger partial charge in [0.1, 0.15) is 5.69 Å². The Morgan fingerprint density at radius 3 is 2.26 bits per heavy atom. The Morgan fingerprint density at radius 2 is 1.60 bits per heavy atom. The van der Waals surface area contributed by atoms with Crippen molar-refractivity contribution in [2.24, 2.45) is 0 Å². The van der Waals surface area contributed by atoms with Crippen LogP contribution in [0.15, 0.2) is 30.3 Å². The fraction of sp³-hybridized carbons (Fsp3) is 0.564. The second-order valence-electron chi connectivity index (χ2n) is 13.8. The van der Waals surface area contributed by atoms with Crippen molar-refractivity contribution >= 4 is 16.8 Å². The largest absolute Gasteiger partial charge is 0.505 e. The molecule has 8 heteroatoms. The third-order valence-corrected chi connectivity index (χ3v) is 10.2. The summed E-state index contributed by atoms with van der Waals surface area (Å²) in [5.74, 6) is 0.158. The van der Waals surface area contributed by atoms with Crippen LogP contribution < -0.4 is 0 Å². The number of nitrogens with one attached hydrogen (secondary N) is 1. The number of aryl methyl sites for hydroxylation is 1. The molecule has 2 aromatic heterocycles. The molecule has 47 heavy (non-hydrogen) atoms. The number of H-pyrrole nitrogens is 1. The van der Waals surface area contributed by atoms with E-state index in [2.05, 4.69) is 16.6 Å². The van der Waals surface area contributed by atoms with Gasteiger partial charge in [-0.3, -0.25) is 9.89 Å². The van der Waals surface area contributed by atoms with Gasteiger partial charge >= 0.3 is 0 Å². The summed E-state index contributed by atoms with van der Waals surface area (Å²) in [6.45, 7) is 5.45. The topological polar surface area (TPSA) is 87.0 Å². The van der Waals surface area contributed by atoms with E-state index in [0.29, 0.717) is 32.0 Å². The van der Waals surface area contributed by atoms with Gasteiger partial charge in [-0.15, -0.1) is 0 Å². The van der Waals surface area contributed by atoms with Crippen LogP contribution in [-0.2, 0) is 24.3 Å². The highest BCUT2D eigenvalue weighted by Gasteiger charge is 2.37. The number of amides is 1. The Hall–Kier alpha value is -3.68. The first-order valence-electron chi connectivity index (χ1n) is 18.4. The summed E-state index contributed by atoms with van der Waals surface area (Å²) in [7, 11) is 0. The first-order chi connectivity index (χ1) is 23.0. The van der Waals surface area contributed by atoms with E-state index in [1.807, 2.05) is 30.0 Å². The average molecular weight is 642 g/mol. The third-order valence-electron chi connectivity index (χ3n) is 10.2. The zero-order chi connectivity index (χ0) is 32.8.